The summed E-state index contributed by atoms with van der Waals surface area (Å²) in [4.78, 5) is 2.76. The first-order valence-corrected chi connectivity index (χ1v) is 15.0. The van der Waals surface area contributed by atoms with Crippen LogP contribution in [0.25, 0.3) is 0 Å². The number of thiophene rings is 2. The third kappa shape index (κ3) is 7.19. The van der Waals surface area contributed by atoms with Gasteiger partial charge in [-0.15, -0.1) is 46.2 Å². The van der Waals surface area contributed by atoms with E-state index in [1.54, 1.807) is 0 Å². The second-order valence-electron chi connectivity index (χ2n) is 7.66. The summed E-state index contributed by atoms with van der Waals surface area (Å²) in [6, 6.07) is 25.7. The fraction of sp³-hybridized carbons (Fsp3) is 0.214. The molecular formula is C28H28N2S4. The van der Waals surface area contributed by atoms with Crippen molar-refractivity contribution in [1.29, 1.82) is 0 Å². The van der Waals surface area contributed by atoms with Gasteiger partial charge in [0.2, 0.25) is 0 Å². The molecule has 0 atom stereocenters. The average molecular weight is 521 g/mol. The standard InChI is InChI=1S/C28H28N2S4/c1-3-25-15-23(27(33-25)31-19-21-11-7-5-8-12-21)17-29-30-18-24-16-26(4-2)34-28(24)32-20-22-13-9-6-10-14-22/h5-18H,3-4,19-20H2,1-2H3/b29-17-,30-18-. The van der Waals surface area contributed by atoms with Gasteiger partial charge in [0, 0.05) is 32.4 Å². The lowest BCUT2D eigenvalue weighted by atomic mass is 10.2. The maximum atomic E-state index is 4.43. The molecule has 0 amide bonds. The van der Waals surface area contributed by atoms with Gasteiger partial charge in [-0.1, -0.05) is 74.5 Å². The van der Waals surface area contributed by atoms with Crippen LogP contribution in [0.5, 0.6) is 0 Å². The van der Waals surface area contributed by atoms with Gasteiger partial charge in [-0.2, -0.15) is 10.2 Å². The minimum absolute atomic E-state index is 0.964. The van der Waals surface area contributed by atoms with Gasteiger partial charge in [-0.05, 0) is 36.1 Å². The molecule has 0 unspecified atom stereocenters. The van der Waals surface area contributed by atoms with Crippen LogP contribution >= 0.6 is 46.2 Å². The minimum atomic E-state index is 0.964. The normalized spacial score (nSPS) is 11.7. The van der Waals surface area contributed by atoms with Crippen LogP contribution in [-0.2, 0) is 24.3 Å². The van der Waals surface area contributed by atoms with Crippen molar-refractivity contribution in [3.63, 3.8) is 0 Å². The monoisotopic (exact) mass is 520 g/mol. The molecule has 2 heterocycles. The van der Waals surface area contributed by atoms with Gasteiger partial charge in [-0.3, -0.25) is 0 Å². The summed E-state index contributed by atoms with van der Waals surface area (Å²) in [5, 5.41) is 8.86. The highest BCUT2D eigenvalue weighted by Gasteiger charge is 2.09. The van der Waals surface area contributed by atoms with Gasteiger partial charge in [0.05, 0.1) is 20.8 Å². The maximum absolute atomic E-state index is 4.43. The summed E-state index contributed by atoms with van der Waals surface area (Å²) in [6.07, 6.45) is 5.89. The predicted octanol–water partition coefficient (Wildman–Crippen LogP) is 8.97. The average Bonchev–Trinajstić information content (AvgIpc) is 3.48. The molecule has 0 radical (unpaired) electrons. The molecule has 0 fully saturated rings. The van der Waals surface area contributed by atoms with Crippen molar-refractivity contribution in [2.75, 3.05) is 0 Å². The van der Waals surface area contributed by atoms with E-state index in [-0.39, 0.29) is 0 Å². The Hall–Kier alpha value is -2.12. The number of hydrogen-bond donors (Lipinski definition) is 0. The number of rotatable bonds is 11. The van der Waals surface area contributed by atoms with Crippen molar-refractivity contribution in [3.8, 4) is 0 Å². The highest BCUT2D eigenvalue weighted by atomic mass is 32.2. The van der Waals surface area contributed by atoms with Crippen LogP contribution in [0.15, 0.2) is 91.4 Å². The fourth-order valence-corrected chi connectivity index (χ4v) is 7.87. The van der Waals surface area contributed by atoms with Gasteiger partial charge in [0.15, 0.2) is 0 Å². The zero-order valence-corrected chi connectivity index (χ0v) is 22.7. The maximum Gasteiger partial charge on any atom is 0.0693 e. The minimum Gasteiger partial charge on any atom is -0.158 e. The molecule has 174 valence electrons. The third-order valence-electron chi connectivity index (χ3n) is 5.13. The van der Waals surface area contributed by atoms with Crippen molar-refractivity contribution >= 4 is 58.6 Å². The van der Waals surface area contributed by atoms with E-state index in [1.165, 1.54) is 29.3 Å². The second kappa shape index (κ2) is 13.1. The molecule has 0 spiro atoms. The molecular weight excluding hydrogens is 493 g/mol. The summed E-state index contributed by atoms with van der Waals surface area (Å²) in [5.41, 5.74) is 5.01. The van der Waals surface area contributed by atoms with Crippen molar-refractivity contribution in [3.05, 3.63) is 105 Å². The summed E-state index contributed by atoms with van der Waals surface area (Å²) >= 11 is 7.48. The van der Waals surface area contributed by atoms with Crippen LogP contribution in [0.3, 0.4) is 0 Å². The van der Waals surface area contributed by atoms with E-state index in [9.17, 15) is 0 Å². The second-order valence-corrected chi connectivity index (χ2v) is 12.4. The Labute approximate surface area is 219 Å². The van der Waals surface area contributed by atoms with Crippen LogP contribution in [-0.4, -0.2) is 12.4 Å². The zero-order valence-electron chi connectivity index (χ0n) is 19.4. The Kier molecular flexibility index (Phi) is 9.63. The van der Waals surface area contributed by atoms with Crippen LogP contribution < -0.4 is 0 Å². The Balaban J connectivity index is 1.43. The Morgan fingerprint density at radius 3 is 1.44 bits per heavy atom. The molecule has 34 heavy (non-hydrogen) atoms. The highest BCUT2D eigenvalue weighted by molar-refractivity contribution is 8.00. The van der Waals surface area contributed by atoms with Gasteiger partial charge in [-0.25, -0.2) is 0 Å². The molecule has 4 aromatic rings. The first-order chi connectivity index (χ1) is 16.7. The largest absolute Gasteiger partial charge is 0.158 e. The molecule has 4 rings (SSSR count). The molecule has 2 aromatic carbocycles. The smallest absolute Gasteiger partial charge is 0.0693 e. The van der Waals surface area contributed by atoms with E-state index < -0.39 is 0 Å². The molecule has 0 bridgehead atoms. The van der Waals surface area contributed by atoms with Gasteiger partial charge in [0.25, 0.3) is 0 Å². The third-order valence-corrected chi connectivity index (χ3v) is 10.5. The number of hydrogen-bond acceptors (Lipinski definition) is 6. The quantitative estimate of drug-likeness (QED) is 0.112. The van der Waals surface area contributed by atoms with Gasteiger partial charge in [0.1, 0.15) is 0 Å². The number of nitrogens with zero attached hydrogens (tertiary/aromatic N) is 2. The lowest BCUT2D eigenvalue weighted by molar-refractivity contribution is 1.18. The van der Waals surface area contributed by atoms with E-state index in [1.807, 2.05) is 58.6 Å². The summed E-state index contributed by atoms with van der Waals surface area (Å²) in [7, 11) is 0. The Bertz CT molecular complexity index is 1130. The molecule has 6 heteroatoms. The number of thioether (sulfide) groups is 2. The fourth-order valence-electron chi connectivity index (χ4n) is 3.27. The molecule has 0 aliphatic carbocycles. The van der Waals surface area contributed by atoms with E-state index in [0.717, 1.165) is 35.5 Å². The molecule has 2 nitrogen and oxygen atoms in total. The summed E-state index contributed by atoms with van der Waals surface area (Å²) in [5.74, 6) is 1.93. The van der Waals surface area contributed by atoms with E-state index in [2.05, 4.69) is 96.8 Å². The van der Waals surface area contributed by atoms with Crippen molar-refractivity contribution in [2.45, 2.75) is 46.6 Å². The number of aryl methyl sites for hydroxylation is 2. The van der Waals surface area contributed by atoms with E-state index in [0.29, 0.717) is 0 Å². The zero-order chi connectivity index (χ0) is 23.6. The number of benzene rings is 2. The van der Waals surface area contributed by atoms with Crippen LogP contribution in [0.4, 0.5) is 0 Å². The Morgan fingerprint density at radius 2 is 1.06 bits per heavy atom. The summed E-state index contributed by atoms with van der Waals surface area (Å²) in [6.45, 7) is 4.40. The molecule has 0 saturated heterocycles. The topological polar surface area (TPSA) is 24.7 Å². The molecule has 0 N–H and O–H groups in total. The van der Waals surface area contributed by atoms with E-state index in [4.69, 9.17) is 0 Å². The van der Waals surface area contributed by atoms with Gasteiger partial charge < -0.3 is 0 Å². The molecule has 0 aliphatic rings. The van der Waals surface area contributed by atoms with Crippen LogP contribution in [0.2, 0.25) is 0 Å². The lowest BCUT2D eigenvalue weighted by Gasteiger charge is -2.01. The van der Waals surface area contributed by atoms with Crippen molar-refractivity contribution in [1.82, 2.24) is 0 Å². The van der Waals surface area contributed by atoms with Crippen molar-refractivity contribution < 1.29 is 0 Å². The molecule has 2 aromatic heterocycles. The Morgan fingerprint density at radius 1 is 0.647 bits per heavy atom. The predicted molar refractivity (Wildman–Crippen MR) is 155 cm³/mol. The van der Waals surface area contributed by atoms with Crippen molar-refractivity contribution in [2.24, 2.45) is 10.2 Å². The molecule has 0 aliphatic heterocycles. The van der Waals surface area contributed by atoms with E-state index >= 15 is 0 Å². The first-order valence-electron chi connectivity index (χ1n) is 11.4. The highest BCUT2D eigenvalue weighted by Crippen LogP contribution is 2.35. The SMILES string of the molecule is CCc1cc(/C=N\N=C/c2cc(CC)sc2SCc2ccccc2)c(SCc2ccccc2)s1. The lowest BCUT2D eigenvalue weighted by Crippen LogP contribution is -1.83. The summed E-state index contributed by atoms with van der Waals surface area (Å²) < 4.78 is 2.62. The first kappa shape index (κ1) is 25.0. The molecule has 0 saturated carbocycles. The van der Waals surface area contributed by atoms with Gasteiger partial charge >= 0.3 is 0 Å². The van der Waals surface area contributed by atoms with Crippen LogP contribution in [0.1, 0.15) is 45.9 Å². The van der Waals surface area contributed by atoms with Crippen LogP contribution in [0, 0.1) is 0 Å².